The van der Waals surface area contributed by atoms with Crippen LogP contribution in [0.4, 0.5) is 5.69 Å². The topological polar surface area (TPSA) is 60.3 Å². The molecule has 2 N–H and O–H groups in total. The fourth-order valence-corrected chi connectivity index (χ4v) is 3.65. The van der Waals surface area contributed by atoms with Gasteiger partial charge in [-0.25, -0.2) is 4.99 Å². The second-order valence-corrected chi connectivity index (χ2v) is 7.13. The molecule has 1 saturated carbocycles. The number of benzene rings is 1. The highest BCUT2D eigenvalue weighted by Gasteiger charge is 2.26. The maximum atomic E-state index is 9.93. The van der Waals surface area contributed by atoms with E-state index in [0.717, 1.165) is 43.7 Å². The van der Waals surface area contributed by atoms with Crippen molar-refractivity contribution in [1.82, 2.24) is 9.91 Å². The number of hydrogen-bond donors (Lipinski definition) is 2. The molecule has 0 aromatic heterocycles. The molecule has 142 valence electrons. The highest BCUT2D eigenvalue weighted by molar-refractivity contribution is 5.82. The van der Waals surface area contributed by atoms with E-state index in [0.29, 0.717) is 18.5 Å². The highest BCUT2D eigenvalue weighted by atomic mass is 16.5. The predicted octanol–water partition coefficient (Wildman–Crippen LogP) is 3.27. The summed E-state index contributed by atoms with van der Waals surface area (Å²) in [6.07, 6.45) is 15.6. The number of allylic oxidation sites excluding steroid dienone is 2. The van der Waals surface area contributed by atoms with Crippen LogP contribution in [0, 0.1) is 0 Å². The molecule has 0 spiro atoms. The lowest BCUT2D eigenvalue weighted by Gasteiger charge is -2.36. The number of aliphatic imine (C=N–C) groups is 1. The fourth-order valence-electron chi connectivity index (χ4n) is 3.65. The molecule has 1 fully saturated rings. The van der Waals surface area contributed by atoms with E-state index in [2.05, 4.69) is 21.4 Å². The van der Waals surface area contributed by atoms with Gasteiger partial charge in [-0.05, 0) is 56.0 Å². The Bertz CT molecular complexity index is 754. The second kappa shape index (κ2) is 8.31. The molecule has 2 atom stereocenters. The predicted molar refractivity (Wildman–Crippen MR) is 107 cm³/mol. The first kappa shape index (κ1) is 17.7. The van der Waals surface area contributed by atoms with Gasteiger partial charge in [-0.1, -0.05) is 12.2 Å². The van der Waals surface area contributed by atoms with Gasteiger partial charge in [0, 0.05) is 24.6 Å². The minimum absolute atomic E-state index is 0.189. The number of hydrazine groups is 1. The van der Waals surface area contributed by atoms with Crippen molar-refractivity contribution in [3.05, 3.63) is 61.1 Å². The van der Waals surface area contributed by atoms with E-state index < -0.39 is 0 Å². The molecule has 0 amide bonds. The summed E-state index contributed by atoms with van der Waals surface area (Å²) in [5.41, 5.74) is 4.34. The summed E-state index contributed by atoms with van der Waals surface area (Å²) >= 11 is 0. The van der Waals surface area contributed by atoms with Gasteiger partial charge in [0.1, 0.15) is 5.75 Å². The van der Waals surface area contributed by atoms with E-state index in [4.69, 9.17) is 4.74 Å². The number of anilines is 1. The molecule has 0 radical (unpaired) electrons. The number of aliphatic hydroxyl groups is 1. The van der Waals surface area contributed by atoms with Crippen molar-refractivity contribution in [2.45, 2.75) is 37.8 Å². The van der Waals surface area contributed by atoms with Gasteiger partial charge in [0.05, 0.1) is 24.9 Å². The number of hydrogen-bond acceptors (Lipinski definition) is 6. The summed E-state index contributed by atoms with van der Waals surface area (Å²) in [5.74, 6) is 1.45. The van der Waals surface area contributed by atoms with Crippen molar-refractivity contribution in [1.29, 1.82) is 0 Å². The van der Waals surface area contributed by atoms with Gasteiger partial charge < -0.3 is 14.7 Å². The lowest BCUT2D eigenvalue weighted by molar-refractivity contribution is 0.0836. The molecule has 0 bridgehead atoms. The Morgan fingerprint density at radius 3 is 2.78 bits per heavy atom. The second-order valence-electron chi connectivity index (χ2n) is 7.13. The molecule has 2 heterocycles. The molecule has 4 rings (SSSR count). The average molecular weight is 366 g/mol. The summed E-state index contributed by atoms with van der Waals surface area (Å²) in [5, 5.41) is 11.9. The van der Waals surface area contributed by atoms with Crippen molar-refractivity contribution in [2.24, 2.45) is 4.99 Å². The van der Waals surface area contributed by atoms with E-state index in [9.17, 15) is 5.11 Å². The standard InChI is InChI=1S/C21H26N4O2/c26-19-6-4-5-18(15-19)24-14-11-22-21(16-24)27-20-9-7-17(8-10-20)23-25-12-2-1-3-13-25/h1-3,7-12,14,18-19,23,26H,4-6,13,15-16H2/t18-,19-/m0/s1. The summed E-state index contributed by atoms with van der Waals surface area (Å²) in [7, 11) is 0. The van der Waals surface area contributed by atoms with Gasteiger partial charge in [-0.15, -0.1) is 0 Å². The van der Waals surface area contributed by atoms with Crippen LogP contribution in [0.25, 0.3) is 0 Å². The van der Waals surface area contributed by atoms with Crippen LogP contribution < -0.4 is 10.2 Å². The first-order chi connectivity index (χ1) is 13.3. The van der Waals surface area contributed by atoms with Gasteiger partial charge >= 0.3 is 0 Å². The number of nitrogens with one attached hydrogen (secondary N) is 1. The third kappa shape index (κ3) is 4.71. The Labute approximate surface area is 160 Å². The Kier molecular flexibility index (Phi) is 5.44. The van der Waals surface area contributed by atoms with Crippen LogP contribution in [0.3, 0.4) is 0 Å². The quantitative estimate of drug-likeness (QED) is 0.856. The zero-order valence-corrected chi connectivity index (χ0v) is 15.4. The van der Waals surface area contributed by atoms with E-state index in [1.165, 1.54) is 0 Å². The normalized spacial score (nSPS) is 24.7. The van der Waals surface area contributed by atoms with E-state index >= 15 is 0 Å². The maximum Gasteiger partial charge on any atom is 0.214 e. The van der Waals surface area contributed by atoms with E-state index in [1.54, 1.807) is 6.20 Å². The van der Waals surface area contributed by atoms with Crippen LogP contribution in [0.1, 0.15) is 25.7 Å². The van der Waals surface area contributed by atoms with Crippen LogP contribution >= 0.6 is 0 Å². The molecule has 1 aromatic carbocycles. The SMILES string of the molecule is O[C@H]1CCC[C@H](N2C=CN=C(Oc3ccc(NN4C=CC=CC4)cc3)C2)C1. The molecule has 1 aliphatic carbocycles. The molecule has 6 nitrogen and oxygen atoms in total. The van der Waals surface area contributed by atoms with E-state index in [-0.39, 0.29) is 6.10 Å². The Morgan fingerprint density at radius 1 is 1.11 bits per heavy atom. The number of nitrogens with zero attached hydrogens (tertiary/aromatic N) is 3. The minimum Gasteiger partial charge on any atom is -0.441 e. The van der Waals surface area contributed by atoms with Crippen LogP contribution in [0.5, 0.6) is 5.75 Å². The number of aliphatic hydroxyl groups excluding tert-OH is 1. The van der Waals surface area contributed by atoms with Gasteiger partial charge in [0.2, 0.25) is 5.90 Å². The van der Waals surface area contributed by atoms with Gasteiger partial charge in [-0.3, -0.25) is 10.4 Å². The zero-order valence-electron chi connectivity index (χ0n) is 15.4. The van der Waals surface area contributed by atoms with Crippen molar-refractivity contribution in [2.75, 3.05) is 18.5 Å². The lowest BCUT2D eigenvalue weighted by Crippen LogP contribution is -2.41. The molecule has 0 unspecified atom stereocenters. The maximum absolute atomic E-state index is 9.93. The summed E-state index contributed by atoms with van der Waals surface area (Å²) in [4.78, 5) is 6.61. The minimum atomic E-state index is -0.189. The zero-order chi connectivity index (χ0) is 18.5. The number of rotatable bonds is 4. The third-order valence-electron chi connectivity index (χ3n) is 5.06. The summed E-state index contributed by atoms with van der Waals surface area (Å²) in [6, 6.07) is 8.24. The Balaban J connectivity index is 1.32. The fraction of sp³-hybridized carbons (Fsp3) is 0.381. The van der Waals surface area contributed by atoms with Gasteiger partial charge in [0.15, 0.2) is 0 Å². The smallest absolute Gasteiger partial charge is 0.214 e. The van der Waals surface area contributed by atoms with Gasteiger partial charge in [-0.2, -0.15) is 0 Å². The Hall–Kier alpha value is -2.73. The molecule has 2 aliphatic heterocycles. The van der Waals surface area contributed by atoms with Crippen LogP contribution in [0.2, 0.25) is 0 Å². The first-order valence-corrected chi connectivity index (χ1v) is 9.58. The van der Waals surface area contributed by atoms with E-state index in [1.807, 2.05) is 53.8 Å². The van der Waals surface area contributed by atoms with Crippen LogP contribution in [-0.4, -0.2) is 46.1 Å². The summed E-state index contributed by atoms with van der Waals surface area (Å²) in [6.45, 7) is 1.47. The Morgan fingerprint density at radius 2 is 2.00 bits per heavy atom. The van der Waals surface area contributed by atoms with Crippen molar-refractivity contribution < 1.29 is 9.84 Å². The van der Waals surface area contributed by atoms with Gasteiger partial charge in [0.25, 0.3) is 0 Å². The molecular weight excluding hydrogens is 340 g/mol. The van der Waals surface area contributed by atoms with Crippen molar-refractivity contribution in [3.63, 3.8) is 0 Å². The molecule has 1 aromatic rings. The molecule has 0 saturated heterocycles. The molecule has 3 aliphatic rings. The number of ether oxygens (including phenoxy) is 1. The summed E-state index contributed by atoms with van der Waals surface area (Å²) < 4.78 is 5.98. The third-order valence-corrected chi connectivity index (χ3v) is 5.06. The highest BCUT2D eigenvalue weighted by Crippen LogP contribution is 2.25. The lowest BCUT2D eigenvalue weighted by atomic mass is 9.92. The monoisotopic (exact) mass is 366 g/mol. The van der Waals surface area contributed by atoms with Crippen LogP contribution in [-0.2, 0) is 0 Å². The molecule has 27 heavy (non-hydrogen) atoms. The first-order valence-electron chi connectivity index (χ1n) is 9.58. The molecule has 6 heteroatoms. The van der Waals surface area contributed by atoms with Crippen molar-refractivity contribution >= 4 is 11.6 Å². The van der Waals surface area contributed by atoms with Crippen molar-refractivity contribution in [3.8, 4) is 5.75 Å². The van der Waals surface area contributed by atoms with Crippen LogP contribution in [0.15, 0.2) is 66.1 Å². The largest absolute Gasteiger partial charge is 0.441 e. The average Bonchev–Trinajstić information content (AvgIpc) is 2.71. The molecular formula is C21H26N4O2.